The number of anilines is 2. The number of amides is 1. The Morgan fingerprint density at radius 3 is 2.50 bits per heavy atom. The topological polar surface area (TPSA) is 66.9 Å². The van der Waals surface area contributed by atoms with Crippen molar-refractivity contribution in [2.24, 2.45) is 0 Å². The average Bonchev–Trinajstić information content (AvgIpc) is 2.85. The van der Waals surface area contributed by atoms with Gasteiger partial charge in [-0.2, -0.15) is 0 Å². The average molecular weight is 481 g/mol. The van der Waals surface area contributed by atoms with Gasteiger partial charge >= 0.3 is 0 Å². The summed E-state index contributed by atoms with van der Waals surface area (Å²) in [5.41, 5.74) is 3.13. The molecule has 4 rings (SSSR count). The van der Waals surface area contributed by atoms with Crippen molar-refractivity contribution < 1.29 is 14.3 Å². The van der Waals surface area contributed by atoms with E-state index in [4.69, 9.17) is 21.1 Å². The summed E-state index contributed by atoms with van der Waals surface area (Å²) in [7, 11) is 2.11. The lowest BCUT2D eigenvalue weighted by molar-refractivity contribution is 0.102. The summed E-state index contributed by atoms with van der Waals surface area (Å²) >= 11 is 6.26. The molecule has 7 nitrogen and oxygen atoms in total. The van der Waals surface area contributed by atoms with Crippen LogP contribution in [0.4, 0.5) is 11.4 Å². The highest BCUT2D eigenvalue weighted by Gasteiger charge is 2.19. The number of halogens is 1. The van der Waals surface area contributed by atoms with Gasteiger partial charge < -0.3 is 24.6 Å². The fourth-order valence-corrected chi connectivity index (χ4v) is 3.98. The highest BCUT2D eigenvalue weighted by Crippen LogP contribution is 2.32. The van der Waals surface area contributed by atoms with Crippen molar-refractivity contribution in [2.45, 2.75) is 13.5 Å². The van der Waals surface area contributed by atoms with Crippen LogP contribution in [0, 0.1) is 0 Å². The van der Waals surface area contributed by atoms with Crippen LogP contribution in [0.5, 0.6) is 11.5 Å². The monoisotopic (exact) mass is 480 g/mol. The Hall–Kier alpha value is -3.29. The molecule has 3 aromatic rings. The van der Waals surface area contributed by atoms with Crippen molar-refractivity contribution in [3.63, 3.8) is 0 Å². The minimum atomic E-state index is -0.237. The third kappa shape index (κ3) is 5.98. The van der Waals surface area contributed by atoms with Crippen molar-refractivity contribution in [2.75, 3.05) is 50.1 Å². The Bertz CT molecular complexity index is 1120. The van der Waals surface area contributed by atoms with E-state index in [0.717, 1.165) is 37.4 Å². The number of nitrogens with zero attached hydrogens (tertiary/aromatic N) is 3. The van der Waals surface area contributed by atoms with Gasteiger partial charge in [0, 0.05) is 49.2 Å². The summed E-state index contributed by atoms with van der Waals surface area (Å²) in [6.07, 6.45) is 3.45. The smallest absolute Gasteiger partial charge is 0.255 e. The Balaban J connectivity index is 1.51. The first-order valence-electron chi connectivity index (χ1n) is 11.4. The van der Waals surface area contributed by atoms with E-state index in [1.807, 2.05) is 31.2 Å². The van der Waals surface area contributed by atoms with Gasteiger partial charge in [0.05, 0.1) is 18.0 Å². The second-order valence-electron chi connectivity index (χ2n) is 8.14. The lowest BCUT2D eigenvalue weighted by Crippen LogP contribution is -2.44. The van der Waals surface area contributed by atoms with E-state index in [1.165, 1.54) is 0 Å². The van der Waals surface area contributed by atoms with Gasteiger partial charge in [-0.15, -0.1) is 0 Å². The van der Waals surface area contributed by atoms with Crippen molar-refractivity contribution in [3.8, 4) is 11.5 Å². The van der Waals surface area contributed by atoms with Crippen LogP contribution in [0.1, 0.15) is 22.8 Å². The second-order valence-corrected chi connectivity index (χ2v) is 8.58. The molecule has 1 saturated heterocycles. The Labute approximate surface area is 205 Å². The standard InChI is InChI=1S/C26H29ClN4O3/c1-3-33-25-16-20(4-7-24(25)34-18-19-8-10-28-11-9-19)26(32)29-22-17-21(27)5-6-23(22)31-14-12-30(2)13-15-31/h4-11,16-17H,3,12-15,18H2,1-2H3,(H,29,32). The number of hydrogen-bond acceptors (Lipinski definition) is 6. The van der Waals surface area contributed by atoms with Crippen molar-refractivity contribution in [1.82, 2.24) is 9.88 Å². The highest BCUT2D eigenvalue weighted by atomic mass is 35.5. The number of likely N-dealkylation sites (N-methyl/N-ethyl adjacent to an activating group) is 1. The van der Waals surface area contributed by atoms with Crippen LogP contribution in [-0.4, -0.2) is 55.6 Å². The molecule has 1 aliphatic heterocycles. The number of hydrogen-bond donors (Lipinski definition) is 1. The minimum Gasteiger partial charge on any atom is -0.490 e. The number of benzene rings is 2. The molecule has 2 aromatic carbocycles. The molecular weight excluding hydrogens is 452 g/mol. The van der Waals surface area contributed by atoms with Crippen LogP contribution >= 0.6 is 11.6 Å². The molecule has 1 aromatic heterocycles. The molecule has 0 atom stereocenters. The summed E-state index contributed by atoms with van der Waals surface area (Å²) in [5.74, 6) is 0.866. The SMILES string of the molecule is CCOc1cc(C(=O)Nc2cc(Cl)ccc2N2CCN(C)CC2)ccc1OCc1ccncc1. The molecule has 8 heteroatoms. The van der Waals surface area contributed by atoms with Gasteiger partial charge in [0.1, 0.15) is 6.61 Å². The lowest BCUT2D eigenvalue weighted by Gasteiger charge is -2.35. The van der Waals surface area contributed by atoms with Crippen LogP contribution in [0.3, 0.4) is 0 Å². The molecule has 0 radical (unpaired) electrons. The van der Waals surface area contributed by atoms with Gasteiger partial charge in [-0.25, -0.2) is 0 Å². The maximum Gasteiger partial charge on any atom is 0.255 e. The second kappa shape index (κ2) is 11.2. The number of nitrogens with one attached hydrogen (secondary N) is 1. The van der Waals surface area contributed by atoms with Crippen LogP contribution in [0.15, 0.2) is 60.9 Å². The zero-order valence-corrected chi connectivity index (χ0v) is 20.2. The molecule has 0 spiro atoms. The molecule has 1 aliphatic rings. The third-order valence-corrected chi connectivity index (χ3v) is 5.94. The van der Waals surface area contributed by atoms with Gasteiger partial charge in [-0.1, -0.05) is 11.6 Å². The molecule has 0 saturated carbocycles. The molecule has 0 unspecified atom stereocenters. The Kier molecular flexibility index (Phi) is 7.87. The summed E-state index contributed by atoms with van der Waals surface area (Å²) in [6, 6.07) is 14.6. The predicted octanol–water partition coefficient (Wildman–Crippen LogP) is 4.72. The number of aromatic nitrogens is 1. The van der Waals surface area contributed by atoms with E-state index in [1.54, 1.807) is 36.7 Å². The maximum absolute atomic E-state index is 13.2. The number of pyridine rings is 1. The molecule has 2 heterocycles. The number of carbonyl (C=O) groups is 1. The van der Waals surface area contributed by atoms with E-state index in [0.29, 0.717) is 41.0 Å². The van der Waals surface area contributed by atoms with Gasteiger partial charge in [-0.05, 0) is 68.1 Å². The van der Waals surface area contributed by atoms with E-state index in [-0.39, 0.29) is 5.91 Å². The van der Waals surface area contributed by atoms with Gasteiger partial charge in [0.25, 0.3) is 5.91 Å². The minimum absolute atomic E-state index is 0.237. The van der Waals surface area contributed by atoms with Crippen molar-refractivity contribution >= 4 is 28.9 Å². The first-order valence-corrected chi connectivity index (χ1v) is 11.7. The lowest BCUT2D eigenvalue weighted by atomic mass is 10.1. The summed E-state index contributed by atoms with van der Waals surface area (Å²) in [6.45, 7) is 6.44. The summed E-state index contributed by atoms with van der Waals surface area (Å²) < 4.78 is 11.7. The van der Waals surface area contributed by atoms with Crippen LogP contribution in [0.25, 0.3) is 0 Å². The van der Waals surface area contributed by atoms with Crippen molar-refractivity contribution in [1.29, 1.82) is 0 Å². The Morgan fingerprint density at radius 1 is 1.00 bits per heavy atom. The first-order chi connectivity index (χ1) is 16.5. The molecule has 178 valence electrons. The normalized spacial score (nSPS) is 14.0. The quantitative estimate of drug-likeness (QED) is 0.503. The molecule has 1 fully saturated rings. The van der Waals surface area contributed by atoms with Crippen LogP contribution in [-0.2, 0) is 6.61 Å². The first kappa shape index (κ1) is 23.9. The van der Waals surface area contributed by atoms with Gasteiger partial charge in [-0.3, -0.25) is 9.78 Å². The van der Waals surface area contributed by atoms with E-state index in [2.05, 4.69) is 27.1 Å². The molecule has 1 N–H and O–H groups in total. The fraction of sp³-hybridized carbons (Fsp3) is 0.308. The molecule has 0 bridgehead atoms. The van der Waals surface area contributed by atoms with Gasteiger partial charge in [0.15, 0.2) is 11.5 Å². The molecular formula is C26H29ClN4O3. The summed E-state index contributed by atoms with van der Waals surface area (Å²) in [5, 5.41) is 3.61. The highest BCUT2D eigenvalue weighted by molar-refractivity contribution is 6.31. The zero-order valence-electron chi connectivity index (χ0n) is 19.5. The zero-order chi connectivity index (χ0) is 23.9. The Morgan fingerprint density at radius 2 is 1.76 bits per heavy atom. The number of carbonyl (C=O) groups excluding carboxylic acids is 1. The molecule has 0 aliphatic carbocycles. The van der Waals surface area contributed by atoms with Gasteiger partial charge in [0.2, 0.25) is 0 Å². The molecule has 1 amide bonds. The number of rotatable bonds is 8. The number of piperazine rings is 1. The van der Waals surface area contributed by atoms with E-state index >= 15 is 0 Å². The summed E-state index contributed by atoms with van der Waals surface area (Å²) in [4.78, 5) is 21.8. The predicted molar refractivity (Wildman–Crippen MR) is 135 cm³/mol. The third-order valence-electron chi connectivity index (χ3n) is 5.70. The maximum atomic E-state index is 13.2. The van der Waals surface area contributed by atoms with Crippen LogP contribution in [0.2, 0.25) is 5.02 Å². The fourth-order valence-electron chi connectivity index (χ4n) is 3.80. The molecule has 34 heavy (non-hydrogen) atoms. The van der Waals surface area contributed by atoms with E-state index in [9.17, 15) is 4.79 Å². The number of ether oxygens (including phenoxy) is 2. The largest absolute Gasteiger partial charge is 0.490 e. The van der Waals surface area contributed by atoms with E-state index < -0.39 is 0 Å². The van der Waals surface area contributed by atoms with Crippen molar-refractivity contribution in [3.05, 3.63) is 77.1 Å². The van der Waals surface area contributed by atoms with Crippen LogP contribution < -0.4 is 19.7 Å².